The number of carbonyl (C=O) groups is 1. The molecule has 7 heteroatoms. The first-order chi connectivity index (χ1) is 10.5. The lowest BCUT2D eigenvalue weighted by molar-refractivity contribution is 0.244. The Morgan fingerprint density at radius 2 is 1.23 bits per heavy atom. The highest BCUT2D eigenvalue weighted by molar-refractivity contribution is 6.33. The van der Waals surface area contributed by atoms with E-state index >= 15 is 0 Å². The lowest BCUT2D eigenvalue weighted by atomic mass is 10.2. The molecule has 0 unspecified atom stereocenters. The molecule has 2 aromatic rings. The zero-order chi connectivity index (χ0) is 16.1. The second-order valence-corrected chi connectivity index (χ2v) is 5.51. The van der Waals surface area contributed by atoms with Crippen LogP contribution in [0, 0.1) is 13.8 Å². The second-order valence-electron chi connectivity index (χ2n) is 4.69. The minimum atomic E-state index is -0.473. The van der Waals surface area contributed by atoms with Gasteiger partial charge in [0.15, 0.2) is 0 Å². The van der Waals surface area contributed by atoms with Crippen LogP contribution >= 0.6 is 23.2 Å². The molecular formula is C15H16Cl2N4O. The molecule has 0 saturated heterocycles. The van der Waals surface area contributed by atoms with E-state index < -0.39 is 6.03 Å². The highest BCUT2D eigenvalue weighted by atomic mass is 35.5. The van der Waals surface area contributed by atoms with Crippen molar-refractivity contribution < 1.29 is 4.79 Å². The molecule has 0 saturated carbocycles. The molecule has 0 aliphatic rings. The van der Waals surface area contributed by atoms with E-state index in [-0.39, 0.29) is 0 Å². The van der Waals surface area contributed by atoms with Crippen LogP contribution in [0.1, 0.15) is 11.1 Å². The fourth-order valence-electron chi connectivity index (χ4n) is 1.85. The van der Waals surface area contributed by atoms with E-state index in [1.54, 1.807) is 12.1 Å². The van der Waals surface area contributed by atoms with Gasteiger partial charge in [0.2, 0.25) is 0 Å². The summed E-state index contributed by atoms with van der Waals surface area (Å²) in [6, 6.07) is 10.5. The van der Waals surface area contributed by atoms with E-state index in [1.165, 1.54) is 0 Å². The van der Waals surface area contributed by atoms with Crippen molar-refractivity contribution in [3.8, 4) is 0 Å². The summed E-state index contributed by atoms with van der Waals surface area (Å²) in [5.74, 6) is 0. The Morgan fingerprint density at radius 3 is 1.59 bits per heavy atom. The van der Waals surface area contributed by atoms with Crippen molar-refractivity contribution in [1.82, 2.24) is 10.9 Å². The van der Waals surface area contributed by atoms with Gasteiger partial charge in [-0.1, -0.05) is 47.5 Å². The number of urea groups is 1. The summed E-state index contributed by atoms with van der Waals surface area (Å²) in [5, 5.41) is 1.05. The molecule has 0 spiro atoms. The summed E-state index contributed by atoms with van der Waals surface area (Å²) in [5.41, 5.74) is 13.7. The van der Waals surface area contributed by atoms with Crippen LogP contribution in [0.5, 0.6) is 0 Å². The molecular weight excluding hydrogens is 323 g/mol. The SMILES string of the molecule is Cc1cccc(Cl)c1NNC(=O)NNc1c(C)cccc1Cl. The van der Waals surface area contributed by atoms with E-state index in [9.17, 15) is 4.79 Å². The minimum Gasteiger partial charge on any atom is -0.295 e. The summed E-state index contributed by atoms with van der Waals surface area (Å²) in [6.07, 6.45) is 0. The number of halogens is 2. The third kappa shape index (κ3) is 3.96. The Bertz CT molecular complexity index is 593. The third-order valence-corrected chi connectivity index (χ3v) is 3.68. The number of rotatable bonds is 4. The molecule has 0 aromatic heterocycles. The van der Waals surface area contributed by atoms with Crippen molar-refractivity contribution in [2.45, 2.75) is 13.8 Å². The van der Waals surface area contributed by atoms with Crippen molar-refractivity contribution >= 4 is 40.6 Å². The van der Waals surface area contributed by atoms with Gasteiger partial charge in [0.1, 0.15) is 0 Å². The van der Waals surface area contributed by atoms with E-state index in [4.69, 9.17) is 23.2 Å². The van der Waals surface area contributed by atoms with E-state index in [2.05, 4.69) is 21.7 Å². The van der Waals surface area contributed by atoms with Gasteiger partial charge in [-0.05, 0) is 37.1 Å². The number of amides is 2. The predicted octanol–water partition coefficient (Wildman–Crippen LogP) is 4.26. The number of para-hydroxylation sites is 2. The van der Waals surface area contributed by atoms with Crippen LogP contribution in [-0.2, 0) is 0 Å². The number of hydrazine groups is 2. The highest BCUT2D eigenvalue weighted by Gasteiger charge is 2.07. The molecule has 0 radical (unpaired) electrons. The zero-order valence-electron chi connectivity index (χ0n) is 12.1. The van der Waals surface area contributed by atoms with Crippen LogP contribution in [0.25, 0.3) is 0 Å². The summed E-state index contributed by atoms with van der Waals surface area (Å²) in [6.45, 7) is 3.78. The molecule has 0 aliphatic carbocycles. The maximum Gasteiger partial charge on any atom is 0.352 e. The van der Waals surface area contributed by atoms with E-state index in [1.807, 2.05) is 38.1 Å². The first-order valence-electron chi connectivity index (χ1n) is 6.57. The summed E-state index contributed by atoms with van der Waals surface area (Å²) in [4.78, 5) is 11.8. The van der Waals surface area contributed by atoms with Gasteiger partial charge in [-0.15, -0.1) is 0 Å². The van der Waals surface area contributed by atoms with Gasteiger partial charge in [0, 0.05) is 0 Å². The first-order valence-corrected chi connectivity index (χ1v) is 7.33. The van der Waals surface area contributed by atoms with Gasteiger partial charge in [0.05, 0.1) is 21.4 Å². The average Bonchev–Trinajstić information content (AvgIpc) is 2.46. The highest BCUT2D eigenvalue weighted by Crippen LogP contribution is 2.25. The maximum atomic E-state index is 11.8. The van der Waals surface area contributed by atoms with Crippen molar-refractivity contribution in [3.63, 3.8) is 0 Å². The summed E-state index contributed by atoms with van der Waals surface area (Å²) >= 11 is 12.1. The van der Waals surface area contributed by atoms with Gasteiger partial charge in [-0.2, -0.15) is 0 Å². The standard InChI is InChI=1S/C15H16Cl2N4O/c1-9-5-3-7-11(16)13(9)18-20-15(22)21-19-14-10(2)6-4-8-12(14)17/h3-8,18-19H,1-2H3,(H2,20,21,22). The molecule has 2 amide bonds. The number of benzene rings is 2. The molecule has 0 atom stereocenters. The fourth-order valence-corrected chi connectivity index (χ4v) is 2.39. The van der Waals surface area contributed by atoms with E-state index in [0.717, 1.165) is 11.1 Å². The Balaban J connectivity index is 1.91. The molecule has 22 heavy (non-hydrogen) atoms. The number of hydrogen-bond acceptors (Lipinski definition) is 3. The number of carbonyl (C=O) groups excluding carboxylic acids is 1. The van der Waals surface area contributed by atoms with E-state index in [0.29, 0.717) is 21.4 Å². The predicted molar refractivity (Wildman–Crippen MR) is 91.3 cm³/mol. The molecule has 116 valence electrons. The third-order valence-electron chi connectivity index (χ3n) is 3.05. The zero-order valence-corrected chi connectivity index (χ0v) is 13.6. The van der Waals surface area contributed by atoms with Gasteiger partial charge < -0.3 is 0 Å². The van der Waals surface area contributed by atoms with Crippen molar-refractivity contribution in [3.05, 3.63) is 57.6 Å². The molecule has 0 bridgehead atoms. The van der Waals surface area contributed by atoms with Crippen LogP contribution in [0.15, 0.2) is 36.4 Å². The Hall–Kier alpha value is -2.11. The largest absolute Gasteiger partial charge is 0.352 e. The first kappa shape index (κ1) is 16.3. The summed E-state index contributed by atoms with van der Waals surface area (Å²) in [7, 11) is 0. The van der Waals surface area contributed by atoms with Crippen molar-refractivity contribution in [2.75, 3.05) is 10.9 Å². The molecule has 0 heterocycles. The van der Waals surface area contributed by atoms with Crippen molar-refractivity contribution in [1.29, 1.82) is 0 Å². The lowest BCUT2D eigenvalue weighted by Crippen LogP contribution is -2.42. The summed E-state index contributed by atoms with van der Waals surface area (Å²) < 4.78 is 0. The van der Waals surface area contributed by atoms with Crippen LogP contribution in [0.3, 0.4) is 0 Å². The van der Waals surface area contributed by atoms with Crippen LogP contribution in [-0.4, -0.2) is 6.03 Å². The van der Waals surface area contributed by atoms with Gasteiger partial charge in [-0.3, -0.25) is 21.7 Å². The number of anilines is 2. The number of aryl methyl sites for hydroxylation is 2. The normalized spacial score (nSPS) is 10.0. The van der Waals surface area contributed by atoms with Gasteiger partial charge >= 0.3 is 6.03 Å². The van der Waals surface area contributed by atoms with Crippen LogP contribution in [0.2, 0.25) is 10.0 Å². The second kappa shape index (κ2) is 7.24. The van der Waals surface area contributed by atoms with Gasteiger partial charge in [0.25, 0.3) is 0 Å². The molecule has 2 aromatic carbocycles. The Kier molecular flexibility index (Phi) is 5.35. The molecule has 0 fully saturated rings. The molecule has 4 N–H and O–H groups in total. The topological polar surface area (TPSA) is 65.2 Å². The van der Waals surface area contributed by atoms with Crippen LogP contribution in [0.4, 0.5) is 16.2 Å². The Morgan fingerprint density at radius 1 is 0.818 bits per heavy atom. The van der Waals surface area contributed by atoms with Gasteiger partial charge in [-0.25, -0.2) is 4.79 Å². The molecule has 5 nitrogen and oxygen atoms in total. The maximum absolute atomic E-state index is 11.8. The lowest BCUT2D eigenvalue weighted by Gasteiger charge is -2.15. The number of nitrogens with one attached hydrogen (secondary N) is 4. The number of hydrogen-bond donors (Lipinski definition) is 4. The smallest absolute Gasteiger partial charge is 0.295 e. The molecule has 2 rings (SSSR count). The van der Waals surface area contributed by atoms with Crippen molar-refractivity contribution in [2.24, 2.45) is 0 Å². The monoisotopic (exact) mass is 338 g/mol. The molecule has 0 aliphatic heterocycles. The average molecular weight is 339 g/mol. The minimum absolute atomic E-state index is 0.473. The van der Waals surface area contributed by atoms with Crippen LogP contribution < -0.4 is 21.7 Å². The quantitative estimate of drug-likeness (QED) is 0.629. The Labute approximate surface area is 138 Å². The fraction of sp³-hybridized carbons (Fsp3) is 0.133.